The Bertz CT molecular complexity index is 757. The van der Waals surface area contributed by atoms with Crippen molar-refractivity contribution in [3.63, 3.8) is 0 Å². The van der Waals surface area contributed by atoms with E-state index in [-0.39, 0.29) is 12.1 Å². The normalized spacial score (nSPS) is 11.6. The van der Waals surface area contributed by atoms with Gasteiger partial charge in [-0.05, 0) is 36.6 Å². The monoisotopic (exact) mass is 329 g/mol. The van der Waals surface area contributed by atoms with E-state index >= 15 is 0 Å². The van der Waals surface area contributed by atoms with E-state index in [0.717, 1.165) is 11.1 Å². The standard InChI is InChI=1S/C18H19NO5/c1-12-7-8-14(9-17(12)23-3)10-18(20)24-13(2)15-5-4-6-16(11-15)19(21)22/h4-9,11,13H,10H2,1-3H3/t13-/m0/s1. The quantitative estimate of drug-likeness (QED) is 0.458. The minimum Gasteiger partial charge on any atom is -0.496 e. The number of methoxy groups -OCH3 is 1. The maximum Gasteiger partial charge on any atom is 0.310 e. The number of ether oxygens (including phenoxy) is 2. The molecule has 0 spiro atoms. The van der Waals surface area contributed by atoms with Gasteiger partial charge in [0.25, 0.3) is 5.69 Å². The molecule has 126 valence electrons. The van der Waals surface area contributed by atoms with Crippen LogP contribution in [-0.4, -0.2) is 18.0 Å². The van der Waals surface area contributed by atoms with E-state index in [9.17, 15) is 14.9 Å². The summed E-state index contributed by atoms with van der Waals surface area (Å²) >= 11 is 0. The summed E-state index contributed by atoms with van der Waals surface area (Å²) < 4.78 is 10.6. The van der Waals surface area contributed by atoms with Crippen LogP contribution in [0.3, 0.4) is 0 Å². The summed E-state index contributed by atoms with van der Waals surface area (Å²) in [6, 6.07) is 11.6. The van der Waals surface area contributed by atoms with Crippen LogP contribution < -0.4 is 4.74 Å². The Balaban J connectivity index is 2.04. The van der Waals surface area contributed by atoms with Crippen LogP contribution in [0.2, 0.25) is 0 Å². The molecule has 0 saturated heterocycles. The molecule has 6 nitrogen and oxygen atoms in total. The molecule has 0 fully saturated rings. The lowest BCUT2D eigenvalue weighted by atomic mass is 10.1. The summed E-state index contributed by atoms with van der Waals surface area (Å²) in [5, 5.41) is 10.8. The predicted octanol–water partition coefficient (Wildman–Crippen LogP) is 3.76. The molecule has 2 aromatic carbocycles. The molecule has 0 N–H and O–H groups in total. The van der Waals surface area contributed by atoms with Crippen molar-refractivity contribution in [1.29, 1.82) is 0 Å². The summed E-state index contributed by atoms with van der Waals surface area (Å²) in [5.41, 5.74) is 2.32. The molecule has 6 heteroatoms. The van der Waals surface area contributed by atoms with E-state index in [0.29, 0.717) is 11.3 Å². The minimum absolute atomic E-state index is 0.0290. The number of non-ortho nitro benzene ring substituents is 1. The SMILES string of the molecule is COc1cc(CC(=O)O[C@@H](C)c2cccc([N+](=O)[O-])c2)ccc1C. The number of nitro benzene ring substituents is 1. The number of carbonyl (C=O) groups excluding carboxylic acids is 1. The van der Waals surface area contributed by atoms with E-state index in [1.54, 1.807) is 32.2 Å². The maximum atomic E-state index is 12.1. The molecular weight excluding hydrogens is 310 g/mol. The fraction of sp³-hybridized carbons (Fsp3) is 0.278. The van der Waals surface area contributed by atoms with Gasteiger partial charge in [0, 0.05) is 12.1 Å². The molecule has 24 heavy (non-hydrogen) atoms. The first-order chi connectivity index (χ1) is 11.4. The zero-order valence-corrected chi connectivity index (χ0v) is 13.8. The van der Waals surface area contributed by atoms with E-state index in [1.165, 1.54) is 12.1 Å². The number of hydrogen-bond acceptors (Lipinski definition) is 5. The maximum absolute atomic E-state index is 12.1. The first-order valence-corrected chi connectivity index (χ1v) is 7.48. The molecular formula is C18H19NO5. The van der Waals surface area contributed by atoms with E-state index in [4.69, 9.17) is 9.47 Å². The summed E-state index contributed by atoms with van der Waals surface area (Å²) in [6.07, 6.45) is -0.458. The first kappa shape index (κ1) is 17.5. The summed E-state index contributed by atoms with van der Waals surface area (Å²) in [6.45, 7) is 3.61. The van der Waals surface area contributed by atoms with Crippen molar-refractivity contribution in [1.82, 2.24) is 0 Å². The third-order valence-electron chi connectivity index (χ3n) is 3.68. The molecule has 0 aromatic heterocycles. The Morgan fingerprint density at radius 1 is 1.25 bits per heavy atom. The van der Waals surface area contributed by atoms with Crippen molar-refractivity contribution in [2.24, 2.45) is 0 Å². The lowest BCUT2D eigenvalue weighted by molar-refractivity contribution is -0.385. The molecule has 0 amide bonds. The third kappa shape index (κ3) is 4.32. The lowest BCUT2D eigenvalue weighted by Crippen LogP contribution is -2.11. The summed E-state index contributed by atoms with van der Waals surface area (Å²) in [7, 11) is 1.58. The first-order valence-electron chi connectivity index (χ1n) is 7.48. The van der Waals surface area contributed by atoms with Gasteiger partial charge in [-0.15, -0.1) is 0 Å². The number of carbonyl (C=O) groups is 1. The Morgan fingerprint density at radius 2 is 2.00 bits per heavy atom. The minimum atomic E-state index is -0.565. The number of aryl methyl sites for hydroxylation is 1. The number of nitro groups is 1. The molecule has 0 unspecified atom stereocenters. The second kappa shape index (κ2) is 7.59. The van der Waals surface area contributed by atoms with Crippen molar-refractivity contribution in [3.05, 3.63) is 69.3 Å². The molecule has 0 radical (unpaired) electrons. The van der Waals surface area contributed by atoms with E-state index in [2.05, 4.69) is 0 Å². The molecule has 0 saturated carbocycles. The molecule has 0 heterocycles. The fourth-order valence-electron chi connectivity index (χ4n) is 2.34. The molecule has 2 aromatic rings. The van der Waals surface area contributed by atoms with Crippen LogP contribution in [0, 0.1) is 17.0 Å². The third-order valence-corrected chi connectivity index (χ3v) is 3.68. The van der Waals surface area contributed by atoms with Gasteiger partial charge in [-0.2, -0.15) is 0 Å². The smallest absolute Gasteiger partial charge is 0.310 e. The summed E-state index contributed by atoms with van der Waals surface area (Å²) in [4.78, 5) is 22.4. The van der Waals surface area contributed by atoms with Crippen molar-refractivity contribution >= 4 is 11.7 Å². The van der Waals surface area contributed by atoms with Crippen LogP contribution in [0.25, 0.3) is 0 Å². The Kier molecular flexibility index (Phi) is 5.52. The number of nitrogens with zero attached hydrogens (tertiary/aromatic N) is 1. The van der Waals surface area contributed by atoms with Crippen molar-refractivity contribution in [2.45, 2.75) is 26.4 Å². The van der Waals surface area contributed by atoms with E-state index < -0.39 is 17.0 Å². The molecule has 0 aliphatic carbocycles. The highest BCUT2D eigenvalue weighted by atomic mass is 16.6. The van der Waals surface area contributed by atoms with Crippen LogP contribution in [-0.2, 0) is 16.0 Å². The largest absolute Gasteiger partial charge is 0.496 e. The van der Waals surface area contributed by atoms with Crippen LogP contribution in [0.5, 0.6) is 5.75 Å². The van der Waals surface area contributed by atoms with Crippen LogP contribution >= 0.6 is 0 Å². The number of esters is 1. The van der Waals surface area contributed by atoms with Crippen LogP contribution in [0.4, 0.5) is 5.69 Å². The average Bonchev–Trinajstić information content (AvgIpc) is 2.56. The molecule has 1 atom stereocenters. The van der Waals surface area contributed by atoms with Gasteiger partial charge in [0.15, 0.2) is 0 Å². The second-order valence-corrected chi connectivity index (χ2v) is 5.46. The molecule has 0 aliphatic rings. The second-order valence-electron chi connectivity index (χ2n) is 5.46. The van der Waals surface area contributed by atoms with Crippen LogP contribution in [0.1, 0.15) is 29.7 Å². The highest BCUT2D eigenvalue weighted by molar-refractivity contribution is 5.73. The van der Waals surface area contributed by atoms with Gasteiger partial charge in [-0.1, -0.05) is 24.3 Å². The topological polar surface area (TPSA) is 78.7 Å². The zero-order valence-electron chi connectivity index (χ0n) is 13.8. The van der Waals surface area contributed by atoms with Gasteiger partial charge >= 0.3 is 5.97 Å². The Hall–Kier alpha value is -2.89. The molecule has 0 aliphatic heterocycles. The van der Waals surface area contributed by atoms with Gasteiger partial charge in [0.1, 0.15) is 11.9 Å². The van der Waals surface area contributed by atoms with E-state index in [1.807, 2.05) is 19.1 Å². The Morgan fingerprint density at radius 3 is 2.67 bits per heavy atom. The zero-order chi connectivity index (χ0) is 17.7. The number of rotatable bonds is 6. The van der Waals surface area contributed by atoms with Crippen molar-refractivity contribution in [3.8, 4) is 5.75 Å². The van der Waals surface area contributed by atoms with Gasteiger partial charge in [0.2, 0.25) is 0 Å². The Labute approximate surface area is 140 Å². The van der Waals surface area contributed by atoms with Gasteiger partial charge in [-0.3, -0.25) is 14.9 Å². The van der Waals surface area contributed by atoms with Gasteiger partial charge < -0.3 is 9.47 Å². The number of benzene rings is 2. The molecule has 0 bridgehead atoms. The molecule has 2 rings (SSSR count). The van der Waals surface area contributed by atoms with Crippen molar-refractivity contribution < 1.29 is 19.2 Å². The predicted molar refractivity (Wildman–Crippen MR) is 89.0 cm³/mol. The highest BCUT2D eigenvalue weighted by Gasteiger charge is 2.15. The fourth-order valence-corrected chi connectivity index (χ4v) is 2.34. The van der Waals surface area contributed by atoms with Gasteiger partial charge in [0.05, 0.1) is 18.5 Å². The lowest BCUT2D eigenvalue weighted by Gasteiger charge is -2.14. The van der Waals surface area contributed by atoms with Crippen LogP contribution in [0.15, 0.2) is 42.5 Å². The summed E-state index contributed by atoms with van der Waals surface area (Å²) in [5.74, 6) is 0.312. The average molecular weight is 329 g/mol. The van der Waals surface area contributed by atoms with Crippen molar-refractivity contribution in [2.75, 3.05) is 7.11 Å². The van der Waals surface area contributed by atoms with Gasteiger partial charge in [-0.25, -0.2) is 0 Å². The number of hydrogen-bond donors (Lipinski definition) is 0. The highest BCUT2D eigenvalue weighted by Crippen LogP contribution is 2.23.